The third kappa shape index (κ3) is 7.41. The maximum atomic E-state index is 13.0. The number of fused-ring (bicyclic) bond motifs is 6. The second-order valence-corrected chi connectivity index (χ2v) is 13.9. The molecule has 13 nitrogen and oxygen atoms in total. The highest BCUT2D eigenvalue weighted by atomic mass is 32.1. The van der Waals surface area contributed by atoms with Gasteiger partial charge in [0.15, 0.2) is 11.6 Å². The summed E-state index contributed by atoms with van der Waals surface area (Å²) < 4.78 is 44.4. The smallest absolute Gasteiger partial charge is 0.159 e. The summed E-state index contributed by atoms with van der Waals surface area (Å²) in [5, 5.41) is 13.4. The summed E-state index contributed by atoms with van der Waals surface area (Å²) in [4.78, 5) is 27.6. The van der Waals surface area contributed by atoms with Crippen molar-refractivity contribution in [1.82, 2.24) is 49.9 Å². The van der Waals surface area contributed by atoms with E-state index in [9.17, 15) is 8.78 Å². The zero-order chi connectivity index (χ0) is 34.7. The summed E-state index contributed by atoms with van der Waals surface area (Å²) in [6, 6.07) is 7.93. The van der Waals surface area contributed by atoms with Gasteiger partial charge in [-0.3, -0.25) is 9.78 Å². The molecular weight excluding hydrogens is 699 g/mol. The van der Waals surface area contributed by atoms with Crippen LogP contribution in [0.1, 0.15) is 48.4 Å². The lowest BCUT2D eigenvalue weighted by Crippen LogP contribution is -2.02. The molecule has 2 aliphatic rings. The molecule has 6 aromatic heterocycles. The lowest BCUT2D eigenvalue weighted by atomic mass is 10.2. The number of ether oxygens (including phenoxy) is 3. The topological polar surface area (TPSA) is 152 Å². The van der Waals surface area contributed by atoms with E-state index in [0.29, 0.717) is 57.5 Å². The molecule has 51 heavy (non-hydrogen) atoms. The number of hydrogen-bond donors (Lipinski definition) is 1. The number of thiazole rings is 2. The van der Waals surface area contributed by atoms with Crippen molar-refractivity contribution in [3.8, 4) is 28.3 Å². The molecule has 0 amide bonds. The lowest BCUT2D eigenvalue weighted by molar-refractivity contribution is 0.108. The Kier molecular flexibility index (Phi) is 9.31. The van der Waals surface area contributed by atoms with Gasteiger partial charge >= 0.3 is 0 Å². The second-order valence-electron chi connectivity index (χ2n) is 11.5. The fourth-order valence-electron chi connectivity index (χ4n) is 5.58. The van der Waals surface area contributed by atoms with Crippen molar-refractivity contribution in [3.05, 3.63) is 121 Å². The molecule has 0 atom stereocenters. The van der Waals surface area contributed by atoms with Crippen LogP contribution in [0, 0.1) is 11.6 Å². The van der Waals surface area contributed by atoms with Crippen molar-refractivity contribution in [3.63, 3.8) is 0 Å². The number of aromatic amines is 1. The van der Waals surface area contributed by atoms with Crippen LogP contribution < -0.4 is 4.74 Å². The monoisotopic (exact) mass is 726 g/mol. The molecule has 0 radical (unpaired) electrons. The van der Waals surface area contributed by atoms with Crippen LogP contribution in [-0.2, 0) is 55.3 Å². The third-order valence-electron chi connectivity index (χ3n) is 7.97. The molecule has 1 aromatic carbocycles. The quantitative estimate of drug-likeness (QED) is 0.216. The Bertz CT molecular complexity index is 2270. The number of aromatic nitrogens is 10. The van der Waals surface area contributed by atoms with Crippen LogP contribution in [0.5, 0.6) is 5.75 Å². The number of nitrogens with one attached hydrogen (secondary N) is 1. The van der Waals surface area contributed by atoms with Crippen LogP contribution in [-0.4, -0.2) is 57.0 Å². The fourth-order valence-corrected chi connectivity index (χ4v) is 7.61. The minimum atomic E-state index is -0.448. The Labute approximate surface area is 297 Å². The van der Waals surface area contributed by atoms with Crippen LogP contribution >= 0.6 is 22.7 Å². The number of rotatable bonds is 7. The van der Waals surface area contributed by atoms with Gasteiger partial charge < -0.3 is 14.2 Å². The largest absolute Gasteiger partial charge is 0.497 e. The molecule has 0 unspecified atom stereocenters. The van der Waals surface area contributed by atoms with E-state index in [1.54, 1.807) is 36.0 Å². The number of methoxy groups -OCH3 is 1. The van der Waals surface area contributed by atoms with E-state index < -0.39 is 11.6 Å². The van der Waals surface area contributed by atoms with E-state index in [0.717, 1.165) is 77.4 Å². The first kappa shape index (κ1) is 32.8. The number of nitrogens with zero attached hydrogens (tertiary/aromatic N) is 9. The van der Waals surface area contributed by atoms with E-state index >= 15 is 0 Å². The molecule has 258 valence electrons. The van der Waals surface area contributed by atoms with Crippen LogP contribution in [0.4, 0.5) is 8.78 Å². The number of H-pyrrole nitrogens is 1. The molecular formula is C34H28F2N10O3S2. The molecule has 0 saturated carbocycles. The Hall–Kier alpha value is -5.36. The molecule has 0 spiro atoms. The Morgan fingerprint density at radius 3 is 1.96 bits per heavy atom. The van der Waals surface area contributed by atoms with E-state index in [1.165, 1.54) is 12.4 Å². The number of benzene rings is 1. The van der Waals surface area contributed by atoms with Gasteiger partial charge in [-0.15, -0.1) is 22.7 Å². The molecule has 0 saturated heterocycles. The maximum absolute atomic E-state index is 13.0. The highest BCUT2D eigenvalue weighted by Gasteiger charge is 2.24. The van der Waals surface area contributed by atoms with E-state index in [4.69, 9.17) is 24.3 Å². The van der Waals surface area contributed by atoms with Gasteiger partial charge in [0.2, 0.25) is 0 Å². The second kappa shape index (κ2) is 14.5. The molecule has 8 heterocycles. The van der Waals surface area contributed by atoms with Gasteiger partial charge in [-0.05, 0) is 17.7 Å². The zero-order valence-electron chi connectivity index (χ0n) is 27.0. The molecule has 7 aromatic rings. The fraction of sp³-hybridized carbons (Fsp3) is 0.235. The Morgan fingerprint density at radius 2 is 1.35 bits per heavy atom. The summed E-state index contributed by atoms with van der Waals surface area (Å²) in [5.74, 6) is 1.03. The molecule has 0 aliphatic carbocycles. The van der Waals surface area contributed by atoms with Crippen LogP contribution in [0.3, 0.4) is 0 Å². The van der Waals surface area contributed by atoms with Crippen molar-refractivity contribution < 1.29 is 23.0 Å². The highest BCUT2D eigenvalue weighted by molar-refractivity contribution is 7.12. The third-order valence-corrected chi connectivity index (χ3v) is 10.0. The molecule has 0 bridgehead atoms. The SMILES string of the molecule is COc1ccc(Cn2cc3c(n2)COCc2sc(Cc4ncc(F)cn4)nc2-3)cc1.Fc1cnc(Cc2nc3c(s2)COCc2[nH]ncc2-3)nc1. The molecule has 17 heteroatoms. The summed E-state index contributed by atoms with van der Waals surface area (Å²) in [6.07, 6.45) is 9.39. The van der Waals surface area contributed by atoms with Gasteiger partial charge in [-0.1, -0.05) is 12.1 Å². The van der Waals surface area contributed by atoms with Gasteiger partial charge in [0, 0.05) is 17.3 Å². The average molecular weight is 727 g/mol. The van der Waals surface area contributed by atoms with Crippen molar-refractivity contribution in [2.24, 2.45) is 0 Å². The minimum absolute atomic E-state index is 0.440. The van der Waals surface area contributed by atoms with E-state index in [1.807, 2.05) is 35.1 Å². The number of halogens is 2. The van der Waals surface area contributed by atoms with Crippen LogP contribution in [0.2, 0.25) is 0 Å². The Morgan fingerprint density at radius 1 is 0.765 bits per heavy atom. The summed E-state index contributed by atoms with van der Waals surface area (Å²) in [6.45, 7) is 2.62. The zero-order valence-corrected chi connectivity index (χ0v) is 28.7. The van der Waals surface area contributed by atoms with Crippen molar-refractivity contribution >= 4 is 22.7 Å². The van der Waals surface area contributed by atoms with Crippen LogP contribution in [0.25, 0.3) is 22.5 Å². The first-order chi connectivity index (χ1) is 25.0. The molecule has 1 N–H and O–H groups in total. The molecule has 9 rings (SSSR count). The predicted molar refractivity (Wildman–Crippen MR) is 182 cm³/mol. The van der Waals surface area contributed by atoms with Crippen molar-refractivity contribution in [2.75, 3.05) is 7.11 Å². The van der Waals surface area contributed by atoms with Crippen molar-refractivity contribution in [1.29, 1.82) is 0 Å². The van der Waals surface area contributed by atoms with Crippen molar-refractivity contribution in [2.45, 2.75) is 45.8 Å². The summed E-state index contributed by atoms with van der Waals surface area (Å²) in [7, 11) is 1.65. The summed E-state index contributed by atoms with van der Waals surface area (Å²) in [5.41, 5.74) is 6.69. The Balaban J connectivity index is 0.000000156. The minimum Gasteiger partial charge on any atom is -0.497 e. The van der Waals surface area contributed by atoms with E-state index in [2.05, 4.69) is 35.1 Å². The molecule has 0 fully saturated rings. The normalized spacial score (nSPS) is 13.2. The summed E-state index contributed by atoms with van der Waals surface area (Å²) >= 11 is 3.13. The predicted octanol–water partition coefficient (Wildman–Crippen LogP) is 5.70. The average Bonchev–Trinajstić information content (AvgIpc) is 3.92. The van der Waals surface area contributed by atoms with Crippen LogP contribution in [0.15, 0.2) is 61.4 Å². The number of hydrogen-bond acceptors (Lipinski definition) is 13. The van der Waals surface area contributed by atoms with Gasteiger partial charge in [0.05, 0.1) is 116 Å². The van der Waals surface area contributed by atoms with Gasteiger partial charge in [-0.25, -0.2) is 38.7 Å². The highest BCUT2D eigenvalue weighted by Crippen LogP contribution is 2.36. The standard InChI is InChI=1S/C21H18FN5O2S.C13H10FN5OS/c1-28-15-4-2-13(3-5-15)9-27-10-16-17(26-27)11-29-12-18-21(16)25-20(30-18)6-19-23-7-14(22)8-24-19;14-7-2-15-11(16-3-7)1-12-18-13-8-4-17-19-9(8)5-20-6-10(13)21-12/h2-5,7-8,10H,6,9,11-12H2,1H3;2-4H,1,5-6H2,(H,17,19). The first-order valence-electron chi connectivity index (χ1n) is 15.7. The maximum Gasteiger partial charge on any atom is 0.159 e. The van der Waals surface area contributed by atoms with Gasteiger partial charge in [0.1, 0.15) is 27.4 Å². The lowest BCUT2D eigenvalue weighted by Gasteiger charge is -2.04. The van der Waals surface area contributed by atoms with E-state index in [-0.39, 0.29) is 0 Å². The van der Waals surface area contributed by atoms with Gasteiger partial charge in [0.25, 0.3) is 0 Å². The van der Waals surface area contributed by atoms with Gasteiger partial charge in [-0.2, -0.15) is 10.2 Å². The molecule has 2 aliphatic heterocycles. The first-order valence-corrected chi connectivity index (χ1v) is 17.4.